The van der Waals surface area contributed by atoms with Crippen LogP contribution < -0.4 is 15.0 Å². The summed E-state index contributed by atoms with van der Waals surface area (Å²) in [4.78, 5) is 18.2. The van der Waals surface area contributed by atoms with Gasteiger partial charge >= 0.3 is 12.5 Å². The SMILES string of the molecule is CCOC(=O)N1CCNCC1CC(C)CN1c2ccccc2Sc2ccc(OC(F)(F)F)cc21. The molecule has 34 heavy (non-hydrogen) atoms. The average Bonchev–Trinajstić information content (AvgIpc) is 2.78. The number of anilines is 2. The van der Waals surface area contributed by atoms with Gasteiger partial charge in [0, 0.05) is 48.1 Å². The minimum absolute atomic E-state index is 0.0171. The summed E-state index contributed by atoms with van der Waals surface area (Å²) in [5.74, 6) is -0.105. The summed E-state index contributed by atoms with van der Waals surface area (Å²) in [6, 6.07) is 12.3. The van der Waals surface area contributed by atoms with Crippen molar-refractivity contribution in [2.75, 3.05) is 37.7 Å². The van der Waals surface area contributed by atoms with E-state index >= 15 is 0 Å². The van der Waals surface area contributed by atoms with Gasteiger partial charge in [-0.15, -0.1) is 13.2 Å². The zero-order valence-corrected chi connectivity index (χ0v) is 19.9. The molecule has 2 heterocycles. The van der Waals surface area contributed by atoms with Gasteiger partial charge in [-0.3, -0.25) is 0 Å². The average molecular weight is 496 g/mol. The topological polar surface area (TPSA) is 54.0 Å². The second kappa shape index (κ2) is 10.4. The van der Waals surface area contributed by atoms with Crippen molar-refractivity contribution in [3.8, 4) is 5.75 Å². The van der Waals surface area contributed by atoms with E-state index in [9.17, 15) is 18.0 Å². The third-order valence-corrected chi connectivity index (χ3v) is 6.98. The fourth-order valence-corrected chi connectivity index (χ4v) is 5.55. The number of piperazine rings is 1. The third kappa shape index (κ3) is 5.72. The molecule has 2 atom stereocenters. The standard InChI is InChI=1S/C24H28F3N3O3S/c1-3-32-23(31)29-11-10-28-14-17(29)12-16(2)15-30-19-6-4-5-7-21(19)34-22-9-8-18(13-20(22)30)33-24(25,26)27/h4-9,13,16-17,28H,3,10-12,14-15H2,1-2H3. The number of benzene rings is 2. The number of ether oxygens (including phenoxy) is 2. The van der Waals surface area contributed by atoms with E-state index in [1.54, 1.807) is 17.9 Å². The molecular weight excluding hydrogens is 467 g/mol. The predicted molar refractivity (Wildman–Crippen MR) is 125 cm³/mol. The van der Waals surface area contributed by atoms with Gasteiger partial charge in [-0.25, -0.2) is 4.79 Å². The largest absolute Gasteiger partial charge is 0.573 e. The summed E-state index contributed by atoms with van der Waals surface area (Å²) in [5.41, 5.74) is 1.63. The lowest BCUT2D eigenvalue weighted by molar-refractivity contribution is -0.274. The van der Waals surface area contributed by atoms with Gasteiger partial charge in [-0.1, -0.05) is 30.8 Å². The van der Waals surface area contributed by atoms with Crippen molar-refractivity contribution in [1.82, 2.24) is 10.2 Å². The fraction of sp³-hybridized carbons (Fsp3) is 0.458. The highest BCUT2D eigenvalue weighted by molar-refractivity contribution is 7.99. The first kappa shape index (κ1) is 24.5. The van der Waals surface area contributed by atoms with Crippen molar-refractivity contribution < 1.29 is 27.4 Å². The summed E-state index contributed by atoms with van der Waals surface area (Å²) in [5, 5.41) is 3.34. The maximum absolute atomic E-state index is 12.8. The number of nitrogens with one attached hydrogen (secondary N) is 1. The van der Waals surface area contributed by atoms with E-state index in [0.717, 1.165) is 28.4 Å². The van der Waals surface area contributed by atoms with Gasteiger partial charge < -0.3 is 24.6 Å². The number of hydrogen-bond acceptors (Lipinski definition) is 6. The number of nitrogens with zero attached hydrogens (tertiary/aromatic N) is 2. The Kier molecular flexibility index (Phi) is 7.47. The van der Waals surface area contributed by atoms with Crippen LogP contribution >= 0.6 is 11.8 Å². The Labute approximate surface area is 201 Å². The lowest BCUT2D eigenvalue weighted by Crippen LogP contribution is -2.54. The normalized spacial score (nSPS) is 18.7. The van der Waals surface area contributed by atoms with Crippen LogP contribution in [0.1, 0.15) is 20.3 Å². The smallest absolute Gasteiger partial charge is 0.450 e. The maximum Gasteiger partial charge on any atom is 0.573 e. The summed E-state index contributed by atoms with van der Waals surface area (Å²) in [6.45, 7) is 6.77. The van der Waals surface area contributed by atoms with Gasteiger partial charge in [0.25, 0.3) is 0 Å². The van der Waals surface area contributed by atoms with Crippen LogP contribution in [0.2, 0.25) is 0 Å². The van der Waals surface area contributed by atoms with E-state index in [0.29, 0.717) is 31.9 Å². The number of rotatable bonds is 6. The van der Waals surface area contributed by atoms with Crippen LogP contribution in [0.5, 0.6) is 5.75 Å². The molecular formula is C24H28F3N3O3S. The number of para-hydroxylation sites is 1. The Morgan fingerprint density at radius 1 is 1.21 bits per heavy atom. The molecule has 0 spiro atoms. The van der Waals surface area contributed by atoms with E-state index in [2.05, 4.69) is 21.9 Å². The number of fused-ring (bicyclic) bond motifs is 2. The van der Waals surface area contributed by atoms with Crippen LogP contribution in [-0.4, -0.2) is 56.2 Å². The third-order valence-electron chi connectivity index (χ3n) is 5.85. The molecule has 1 fully saturated rings. The van der Waals surface area contributed by atoms with Crippen molar-refractivity contribution in [3.05, 3.63) is 42.5 Å². The lowest BCUT2D eigenvalue weighted by Gasteiger charge is -2.39. The first-order valence-corrected chi connectivity index (χ1v) is 12.1. The van der Waals surface area contributed by atoms with E-state index in [1.807, 2.05) is 24.3 Å². The molecule has 2 aliphatic heterocycles. The van der Waals surface area contributed by atoms with Gasteiger partial charge in [0.1, 0.15) is 5.75 Å². The lowest BCUT2D eigenvalue weighted by atomic mass is 9.98. The Hall–Kier alpha value is -2.59. The Morgan fingerprint density at radius 3 is 2.74 bits per heavy atom. The van der Waals surface area contributed by atoms with E-state index < -0.39 is 6.36 Å². The van der Waals surface area contributed by atoms with Crippen LogP contribution in [0.3, 0.4) is 0 Å². The maximum atomic E-state index is 12.8. The predicted octanol–water partition coefficient (Wildman–Crippen LogP) is 5.64. The van der Waals surface area contributed by atoms with Crippen molar-refractivity contribution in [2.45, 2.75) is 42.5 Å². The van der Waals surface area contributed by atoms with Gasteiger partial charge in [0.2, 0.25) is 0 Å². The number of amides is 1. The molecule has 0 bridgehead atoms. The van der Waals surface area contributed by atoms with E-state index in [1.165, 1.54) is 23.9 Å². The number of carbonyl (C=O) groups excluding carboxylic acids is 1. The van der Waals surface area contributed by atoms with Crippen molar-refractivity contribution in [2.24, 2.45) is 5.92 Å². The van der Waals surface area contributed by atoms with E-state index in [-0.39, 0.29) is 23.8 Å². The van der Waals surface area contributed by atoms with Crippen LogP contribution in [0, 0.1) is 5.92 Å². The molecule has 10 heteroatoms. The highest BCUT2D eigenvalue weighted by Gasteiger charge is 2.33. The van der Waals surface area contributed by atoms with Crippen LogP contribution in [0.4, 0.5) is 29.3 Å². The van der Waals surface area contributed by atoms with Gasteiger partial charge in [0.15, 0.2) is 0 Å². The minimum atomic E-state index is -4.75. The second-order valence-corrected chi connectivity index (χ2v) is 9.53. The summed E-state index contributed by atoms with van der Waals surface area (Å²) >= 11 is 1.53. The Balaban J connectivity index is 1.57. The number of alkyl halides is 3. The van der Waals surface area contributed by atoms with Crippen molar-refractivity contribution >= 4 is 29.2 Å². The minimum Gasteiger partial charge on any atom is -0.450 e. The van der Waals surface area contributed by atoms with Crippen molar-refractivity contribution in [3.63, 3.8) is 0 Å². The quantitative estimate of drug-likeness (QED) is 0.560. The molecule has 1 N–H and O–H groups in total. The molecule has 2 aromatic rings. The summed E-state index contributed by atoms with van der Waals surface area (Å²) in [6.07, 6.45) is -4.33. The van der Waals surface area contributed by atoms with Gasteiger partial charge in [-0.2, -0.15) is 0 Å². The van der Waals surface area contributed by atoms with Crippen molar-refractivity contribution in [1.29, 1.82) is 0 Å². The number of hydrogen-bond donors (Lipinski definition) is 1. The Bertz CT molecular complexity index is 1020. The zero-order chi connectivity index (χ0) is 24.3. The van der Waals surface area contributed by atoms with E-state index in [4.69, 9.17) is 4.74 Å². The van der Waals surface area contributed by atoms with Crippen LogP contribution in [-0.2, 0) is 4.74 Å². The molecule has 2 aliphatic rings. The molecule has 2 unspecified atom stereocenters. The molecule has 1 saturated heterocycles. The molecule has 0 aliphatic carbocycles. The molecule has 1 amide bonds. The summed E-state index contributed by atoms with van der Waals surface area (Å²) in [7, 11) is 0. The molecule has 6 nitrogen and oxygen atoms in total. The number of halogens is 3. The molecule has 184 valence electrons. The van der Waals surface area contributed by atoms with Gasteiger partial charge in [-0.05, 0) is 43.5 Å². The first-order chi connectivity index (χ1) is 16.2. The monoisotopic (exact) mass is 495 g/mol. The molecule has 0 saturated carbocycles. The second-order valence-electron chi connectivity index (χ2n) is 8.45. The zero-order valence-electron chi connectivity index (χ0n) is 19.1. The van der Waals surface area contributed by atoms with Gasteiger partial charge in [0.05, 0.1) is 18.0 Å². The highest BCUT2D eigenvalue weighted by Crippen LogP contribution is 2.49. The van der Waals surface area contributed by atoms with Crippen LogP contribution in [0.25, 0.3) is 0 Å². The Morgan fingerprint density at radius 2 is 1.97 bits per heavy atom. The first-order valence-electron chi connectivity index (χ1n) is 11.3. The molecule has 4 rings (SSSR count). The number of carbonyl (C=O) groups is 1. The highest BCUT2D eigenvalue weighted by atomic mass is 32.2. The fourth-order valence-electron chi connectivity index (χ4n) is 4.47. The molecule has 0 aromatic heterocycles. The van der Waals surface area contributed by atoms with Crippen LogP contribution in [0.15, 0.2) is 52.3 Å². The molecule has 0 radical (unpaired) electrons. The summed E-state index contributed by atoms with van der Waals surface area (Å²) < 4.78 is 48.0. The molecule has 2 aromatic carbocycles.